The molecular weight excluding hydrogens is 188 g/mol. The molecule has 0 amide bonds. The number of aliphatic hydroxyl groups excluding tert-OH is 3. The fourth-order valence-corrected chi connectivity index (χ4v) is 0.781. The molecule has 84 valence electrons. The first-order valence-electron chi connectivity index (χ1n) is 4.37. The molecule has 5 nitrogen and oxygen atoms in total. The zero-order chi connectivity index (χ0) is 11.4. The average Bonchev–Trinajstić information content (AvgIpc) is 2.03. The first-order valence-corrected chi connectivity index (χ1v) is 4.37. The second kappa shape index (κ2) is 5.31. The van der Waals surface area contributed by atoms with E-state index in [0.29, 0.717) is 0 Å². The van der Waals surface area contributed by atoms with Crippen LogP contribution in [0.1, 0.15) is 20.3 Å². The van der Waals surface area contributed by atoms with Gasteiger partial charge in [-0.15, -0.1) is 0 Å². The molecular formula is C9H18O5. The smallest absolute Gasteiger partial charge is 0.157 e. The van der Waals surface area contributed by atoms with Gasteiger partial charge < -0.3 is 25.2 Å². The Morgan fingerprint density at radius 1 is 1.57 bits per heavy atom. The second-order valence-electron chi connectivity index (χ2n) is 3.34. The van der Waals surface area contributed by atoms with Crippen LogP contribution in [0.3, 0.4) is 0 Å². The minimum Gasteiger partial charge on any atom is -0.510 e. The third-order valence-corrected chi connectivity index (χ3v) is 2.11. The maximum Gasteiger partial charge on any atom is 0.157 e. The lowest BCUT2D eigenvalue weighted by Crippen LogP contribution is -2.42. The van der Waals surface area contributed by atoms with Crippen LogP contribution in [0.15, 0.2) is 12.3 Å². The van der Waals surface area contributed by atoms with E-state index in [2.05, 4.69) is 6.58 Å². The molecule has 14 heavy (non-hydrogen) atoms. The number of hydrogen-bond acceptors (Lipinski definition) is 5. The minimum atomic E-state index is -1.61. The largest absolute Gasteiger partial charge is 0.510 e. The summed E-state index contributed by atoms with van der Waals surface area (Å²) in [5, 5.41) is 36.3. The first kappa shape index (κ1) is 13.4. The molecule has 4 N–H and O–H groups in total. The molecule has 0 saturated heterocycles. The molecule has 5 heteroatoms. The van der Waals surface area contributed by atoms with Crippen LogP contribution in [-0.2, 0) is 4.74 Å². The van der Waals surface area contributed by atoms with Crippen molar-refractivity contribution in [2.75, 3.05) is 6.61 Å². The maximum atomic E-state index is 9.63. The topological polar surface area (TPSA) is 90.2 Å². The van der Waals surface area contributed by atoms with Gasteiger partial charge in [-0.25, -0.2) is 0 Å². The van der Waals surface area contributed by atoms with Gasteiger partial charge >= 0.3 is 0 Å². The normalized spacial score (nSPS) is 19.8. The third kappa shape index (κ3) is 3.63. The highest BCUT2D eigenvalue weighted by Crippen LogP contribution is 2.20. The van der Waals surface area contributed by atoms with Gasteiger partial charge in [-0.3, -0.25) is 0 Å². The van der Waals surface area contributed by atoms with Gasteiger partial charge in [0.15, 0.2) is 6.29 Å². The highest BCUT2D eigenvalue weighted by molar-refractivity contribution is 5.04. The van der Waals surface area contributed by atoms with Gasteiger partial charge in [0, 0.05) is 13.0 Å². The molecule has 3 atom stereocenters. The lowest BCUT2D eigenvalue weighted by atomic mass is 9.99. The number of rotatable bonds is 6. The lowest BCUT2D eigenvalue weighted by molar-refractivity contribution is -0.186. The molecule has 0 aromatic rings. The van der Waals surface area contributed by atoms with Crippen molar-refractivity contribution in [3.05, 3.63) is 12.3 Å². The van der Waals surface area contributed by atoms with E-state index >= 15 is 0 Å². The van der Waals surface area contributed by atoms with Crippen LogP contribution < -0.4 is 0 Å². The summed E-state index contributed by atoms with van der Waals surface area (Å²) in [6, 6.07) is 0. The Balaban J connectivity index is 4.19. The van der Waals surface area contributed by atoms with Crippen molar-refractivity contribution in [1.29, 1.82) is 0 Å². The van der Waals surface area contributed by atoms with E-state index in [1.807, 2.05) is 0 Å². The van der Waals surface area contributed by atoms with E-state index in [1.165, 1.54) is 13.8 Å². The molecule has 0 aliphatic rings. The second-order valence-corrected chi connectivity index (χ2v) is 3.34. The molecule has 0 heterocycles. The fourth-order valence-electron chi connectivity index (χ4n) is 0.781. The first-order chi connectivity index (χ1) is 6.32. The molecule has 0 radical (unpaired) electrons. The van der Waals surface area contributed by atoms with Gasteiger partial charge in [0.1, 0.15) is 11.4 Å². The number of aliphatic hydroxyl groups is 4. The van der Waals surface area contributed by atoms with Crippen molar-refractivity contribution in [3.8, 4) is 0 Å². The van der Waals surface area contributed by atoms with Crippen molar-refractivity contribution in [1.82, 2.24) is 0 Å². The van der Waals surface area contributed by atoms with Crippen molar-refractivity contribution < 1.29 is 25.2 Å². The molecule has 0 rings (SSSR count). The van der Waals surface area contributed by atoms with E-state index in [9.17, 15) is 5.11 Å². The molecule has 0 aromatic heterocycles. The number of hydrogen-bond donors (Lipinski definition) is 4. The summed E-state index contributed by atoms with van der Waals surface area (Å²) in [6.45, 7) is 5.80. The van der Waals surface area contributed by atoms with E-state index in [4.69, 9.17) is 20.1 Å². The maximum absolute atomic E-state index is 9.63. The van der Waals surface area contributed by atoms with Crippen LogP contribution in [-0.4, -0.2) is 45.0 Å². The summed E-state index contributed by atoms with van der Waals surface area (Å²) in [5.74, 6) is -0.429. The van der Waals surface area contributed by atoms with Crippen molar-refractivity contribution in [3.63, 3.8) is 0 Å². The highest BCUT2D eigenvalue weighted by Gasteiger charge is 2.33. The van der Waals surface area contributed by atoms with Gasteiger partial charge in [-0.2, -0.15) is 0 Å². The van der Waals surface area contributed by atoms with E-state index in [1.54, 1.807) is 0 Å². The van der Waals surface area contributed by atoms with Gasteiger partial charge in [-0.05, 0) is 13.8 Å². The van der Waals surface area contributed by atoms with Gasteiger partial charge in [0.25, 0.3) is 0 Å². The average molecular weight is 206 g/mol. The minimum absolute atomic E-state index is 0.0539. The van der Waals surface area contributed by atoms with Crippen molar-refractivity contribution in [2.45, 2.75) is 38.3 Å². The fraction of sp³-hybridized carbons (Fsp3) is 0.778. The summed E-state index contributed by atoms with van der Waals surface area (Å²) in [6.07, 6.45) is -1.93. The van der Waals surface area contributed by atoms with Crippen LogP contribution in [0, 0.1) is 0 Å². The predicted octanol–water partition coefficient (Wildman–Crippen LogP) is -0.0850. The molecule has 0 spiro atoms. The summed E-state index contributed by atoms with van der Waals surface area (Å²) in [4.78, 5) is 0. The third-order valence-electron chi connectivity index (χ3n) is 2.11. The van der Waals surface area contributed by atoms with E-state index in [0.717, 1.165) is 0 Å². The predicted molar refractivity (Wildman–Crippen MR) is 50.6 cm³/mol. The Labute approximate surface area is 83.3 Å². The zero-order valence-electron chi connectivity index (χ0n) is 8.47. The number of ether oxygens (including phenoxy) is 1. The van der Waals surface area contributed by atoms with Gasteiger partial charge in [-0.1, -0.05) is 6.58 Å². The van der Waals surface area contributed by atoms with Crippen LogP contribution in [0.25, 0.3) is 0 Å². The molecule has 3 unspecified atom stereocenters. The Hall–Kier alpha value is -0.620. The van der Waals surface area contributed by atoms with E-state index in [-0.39, 0.29) is 13.0 Å². The molecule has 0 aliphatic carbocycles. The lowest BCUT2D eigenvalue weighted by Gasteiger charge is -2.30. The Morgan fingerprint density at radius 3 is 2.43 bits per heavy atom. The van der Waals surface area contributed by atoms with Crippen LogP contribution in [0.4, 0.5) is 0 Å². The van der Waals surface area contributed by atoms with Gasteiger partial charge in [0.2, 0.25) is 0 Å². The SMILES string of the molecule is C=C(O)C(C)(O)C(C)OC(O)CCO. The molecule has 0 fully saturated rings. The van der Waals surface area contributed by atoms with Crippen LogP contribution >= 0.6 is 0 Å². The van der Waals surface area contributed by atoms with Crippen molar-refractivity contribution >= 4 is 0 Å². The summed E-state index contributed by atoms with van der Waals surface area (Å²) < 4.78 is 4.94. The highest BCUT2D eigenvalue weighted by atomic mass is 16.6. The summed E-state index contributed by atoms with van der Waals surface area (Å²) in [7, 11) is 0. The summed E-state index contributed by atoms with van der Waals surface area (Å²) >= 11 is 0. The molecule has 0 aromatic carbocycles. The van der Waals surface area contributed by atoms with E-state index < -0.39 is 23.8 Å². The molecule has 0 bridgehead atoms. The Kier molecular flexibility index (Phi) is 5.07. The monoisotopic (exact) mass is 206 g/mol. The quantitative estimate of drug-likeness (QED) is 0.360. The Bertz CT molecular complexity index is 190. The van der Waals surface area contributed by atoms with Crippen LogP contribution in [0.2, 0.25) is 0 Å². The molecule has 0 aliphatic heterocycles. The molecule has 0 saturated carbocycles. The van der Waals surface area contributed by atoms with Crippen LogP contribution in [0.5, 0.6) is 0 Å². The summed E-state index contributed by atoms with van der Waals surface area (Å²) in [5.41, 5.74) is -1.61. The Morgan fingerprint density at radius 2 is 2.07 bits per heavy atom. The zero-order valence-corrected chi connectivity index (χ0v) is 8.47. The van der Waals surface area contributed by atoms with Crippen molar-refractivity contribution in [2.24, 2.45) is 0 Å². The standard InChI is InChI=1S/C9H18O5/c1-6(11)9(3,13)7(2)14-8(12)4-5-10/h7-8,10-13H,1,4-5H2,2-3H3. The van der Waals surface area contributed by atoms with Gasteiger partial charge in [0.05, 0.1) is 6.10 Å².